The lowest BCUT2D eigenvalue weighted by atomic mass is 10.3. The van der Waals surface area contributed by atoms with E-state index in [0.717, 1.165) is 5.69 Å². The summed E-state index contributed by atoms with van der Waals surface area (Å²) in [4.78, 5) is 16.4. The Morgan fingerprint density at radius 3 is 2.47 bits per heavy atom. The van der Waals surface area contributed by atoms with Gasteiger partial charge in [-0.15, -0.1) is 0 Å². The van der Waals surface area contributed by atoms with Crippen LogP contribution < -0.4 is 4.90 Å². The van der Waals surface area contributed by atoms with Crippen LogP contribution >= 0.6 is 0 Å². The number of carbonyl (C=O) groups excluding carboxylic acids is 1. The van der Waals surface area contributed by atoms with Crippen LogP contribution in [0.25, 0.3) is 0 Å². The Hall–Kier alpha value is -2.03. The van der Waals surface area contributed by atoms with Crippen molar-refractivity contribution in [3.8, 4) is 0 Å². The molecular weight excluding hydrogens is 188 g/mol. The molecule has 0 spiro atoms. The second kappa shape index (κ2) is 4.00. The Kier molecular flexibility index (Phi) is 2.54. The van der Waals surface area contributed by atoms with Gasteiger partial charge in [0, 0.05) is 18.9 Å². The predicted molar refractivity (Wildman–Crippen MR) is 60.0 cm³/mol. The number of nitrogens with zero attached hydrogens (tertiary/aromatic N) is 1. The quantitative estimate of drug-likeness (QED) is 0.793. The van der Waals surface area contributed by atoms with Crippen LogP contribution in [0, 0.1) is 0 Å². The number of H-pyrrole nitrogens is 1. The largest absolute Gasteiger partial charge is 0.357 e. The maximum atomic E-state index is 11.9. The second-order valence-corrected chi connectivity index (χ2v) is 3.28. The van der Waals surface area contributed by atoms with Crippen molar-refractivity contribution in [1.82, 2.24) is 4.98 Å². The van der Waals surface area contributed by atoms with Crippen molar-refractivity contribution in [2.45, 2.75) is 0 Å². The molecule has 2 aromatic rings. The van der Waals surface area contributed by atoms with Crippen molar-refractivity contribution < 1.29 is 4.79 Å². The summed E-state index contributed by atoms with van der Waals surface area (Å²) < 4.78 is 0. The van der Waals surface area contributed by atoms with E-state index in [2.05, 4.69) is 4.98 Å². The first-order valence-electron chi connectivity index (χ1n) is 4.75. The highest BCUT2D eigenvalue weighted by Gasteiger charge is 2.12. The number of rotatable bonds is 2. The van der Waals surface area contributed by atoms with Crippen LogP contribution in [-0.4, -0.2) is 17.9 Å². The molecule has 0 atom stereocenters. The first-order chi connectivity index (χ1) is 7.29. The molecule has 1 heterocycles. The van der Waals surface area contributed by atoms with E-state index in [4.69, 9.17) is 0 Å². The molecular formula is C12H12N2O. The van der Waals surface area contributed by atoms with E-state index in [1.807, 2.05) is 36.4 Å². The van der Waals surface area contributed by atoms with Gasteiger partial charge >= 0.3 is 0 Å². The van der Waals surface area contributed by atoms with Gasteiger partial charge in [0.25, 0.3) is 5.91 Å². The van der Waals surface area contributed by atoms with Crippen molar-refractivity contribution in [2.24, 2.45) is 0 Å². The fourth-order valence-corrected chi connectivity index (χ4v) is 1.41. The lowest BCUT2D eigenvalue weighted by Gasteiger charge is -2.16. The van der Waals surface area contributed by atoms with Gasteiger partial charge in [0.2, 0.25) is 0 Å². The third-order valence-corrected chi connectivity index (χ3v) is 2.28. The maximum absolute atomic E-state index is 11.9. The molecule has 15 heavy (non-hydrogen) atoms. The molecule has 0 aliphatic carbocycles. The van der Waals surface area contributed by atoms with Gasteiger partial charge in [-0.3, -0.25) is 4.79 Å². The number of para-hydroxylation sites is 1. The van der Waals surface area contributed by atoms with Gasteiger partial charge < -0.3 is 9.88 Å². The molecule has 0 aliphatic heterocycles. The molecule has 0 saturated heterocycles. The van der Waals surface area contributed by atoms with Crippen LogP contribution in [0.2, 0.25) is 0 Å². The molecule has 76 valence electrons. The highest BCUT2D eigenvalue weighted by atomic mass is 16.2. The minimum Gasteiger partial charge on any atom is -0.357 e. The molecule has 1 amide bonds. The zero-order chi connectivity index (χ0) is 10.7. The van der Waals surface area contributed by atoms with Crippen LogP contribution in [0.4, 0.5) is 5.69 Å². The molecule has 0 radical (unpaired) electrons. The van der Waals surface area contributed by atoms with E-state index < -0.39 is 0 Å². The van der Waals surface area contributed by atoms with Crippen LogP contribution in [0.15, 0.2) is 48.7 Å². The number of anilines is 1. The first-order valence-corrected chi connectivity index (χ1v) is 4.75. The minimum absolute atomic E-state index is 0.0359. The Morgan fingerprint density at radius 1 is 1.13 bits per heavy atom. The highest BCUT2D eigenvalue weighted by molar-refractivity contribution is 6.04. The van der Waals surface area contributed by atoms with Gasteiger partial charge in [0.05, 0.1) is 0 Å². The van der Waals surface area contributed by atoms with E-state index in [-0.39, 0.29) is 5.91 Å². The van der Waals surface area contributed by atoms with E-state index in [1.165, 1.54) is 0 Å². The van der Waals surface area contributed by atoms with Crippen molar-refractivity contribution in [3.63, 3.8) is 0 Å². The molecule has 0 aliphatic rings. The number of carbonyl (C=O) groups is 1. The van der Waals surface area contributed by atoms with Gasteiger partial charge in [0.15, 0.2) is 0 Å². The van der Waals surface area contributed by atoms with Crippen molar-refractivity contribution in [2.75, 3.05) is 11.9 Å². The van der Waals surface area contributed by atoms with Gasteiger partial charge in [-0.05, 0) is 24.3 Å². The lowest BCUT2D eigenvalue weighted by Crippen LogP contribution is -2.26. The number of benzene rings is 1. The molecule has 1 aromatic heterocycles. The van der Waals surface area contributed by atoms with Crippen molar-refractivity contribution >= 4 is 11.6 Å². The summed E-state index contributed by atoms with van der Waals surface area (Å²) in [6, 6.07) is 13.1. The van der Waals surface area contributed by atoms with Gasteiger partial charge in [-0.25, -0.2) is 0 Å². The predicted octanol–water partition coefficient (Wildman–Crippen LogP) is 2.29. The summed E-state index contributed by atoms with van der Waals surface area (Å²) in [5.41, 5.74) is 1.48. The number of hydrogen-bond acceptors (Lipinski definition) is 1. The number of amides is 1. The number of nitrogens with one attached hydrogen (secondary N) is 1. The molecule has 0 fully saturated rings. The summed E-state index contributed by atoms with van der Waals surface area (Å²) in [7, 11) is 1.76. The summed E-state index contributed by atoms with van der Waals surface area (Å²) >= 11 is 0. The smallest absolute Gasteiger partial charge is 0.274 e. The average molecular weight is 200 g/mol. The standard InChI is InChI=1S/C12H12N2O/c1-14(10-6-3-2-4-7-10)12(15)11-8-5-9-13-11/h2-9,13H,1H3. The third-order valence-electron chi connectivity index (χ3n) is 2.28. The molecule has 0 saturated carbocycles. The SMILES string of the molecule is CN(C(=O)c1ccc[nH]1)c1ccccc1. The highest BCUT2D eigenvalue weighted by Crippen LogP contribution is 2.13. The minimum atomic E-state index is -0.0359. The molecule has 1 N–H and O–H groups in total. The van der Waals surface area contributed by atoms with Gasteiger partial charge in [0.1, 0.15) is 5.69 Å². The number of aromatic nitrogens is 1. The van der Waals surface area contributed by atoms with E-state index in [0.29, 0.717) is 5.69 Å². The fraction of sp³-hybridized carbons (Fsp3) is 0.0833. The van der Waals surface area contributed by atoms with Crippen LogP contribution in [-0.2, 0) is 0 Å². The Morgan fingerprint density at radius 2 is 1.87 bits per heavy atom. The van der Waals surface area contributed by atoms with E-state index in [1.54, 1.807) is 24.2 Å². The summed E-state index contributed by atoms with van der Waals surface area (Å²) in [6.07, 6.45) is 1.74. The lowest BCUT2D eigenvalue weighted by molar-refractivity contribution is 0.0989. The number of hydrogen-bond donors (Lipinski definition) is 1. The average Bonchev–Trinajstić information content (AvgIpc) is 2.82. The first kappa shape index (κ1) is 9.52. The van der Waals surface area contributed by atoms with Gasteiger partial charge in [-0.2, -0.15) is 0 Å². The summed E-state index contributed by atoms with van der Waals surface area (Å²) in [6.45, 7) is 0. The topological polar surface area (TPSA) is 36.1 Å². The molecule has 1 aromatic carbocycles. The molecule has 0 bridgehead atoms. The van der Waals surface area contributed by atoms with E-state index in [9.17, 15) is 4.79 Å². The maximum Gasteiger partial charge on any atom is 0.274 e. The van der Waals surface area contributed by atoms with Crippen LogP contribution in [0.5, 0.6) is 0 Å². The van der Waals surface area contributed by atoms with Crippen molar-refractivity contribution in [1.29, 1.82) is 0 Å². The Labute approximate surface area is 88.3 Å². The molecule has 0 unspecified atom stereocenters. The normalized spacial score (nSPS) is 9.93. The monoisotopic (exact) mass is 200 g/mol. The van der Waals surface area contributed by atoms with E-state index >= 15 is 0 Å². The van der Waals surface area contributed by atoms with Gasteiger partial charge in [-0.1, -0.05) is 18.2 Å². The fourth-order valence-electron chi connectivity index (χ4n) is 1.41. The molecule has 2 rings (SSSR count). The zero-order valence-corrected chi connectivity index (χ0v) is 8.47. The summed E-state index contributed by atoms with van der Waals surface area (Å²) in [5.74, 6) is -0.0359. The van der Waals surface area contributed by atoms with Crippen LogP contribution in [0.3, 0.4) is 0 Å². The summed E-state index contributed by atoms with van der Waals surface area (Å²) in [5, 5.41) is 0. The molecule has 3 heteroatoms. The molecule has 3 nitrogen and oxygen atoms in total. The van der Waals surface area contributed by atoms with Crippen molar-refractivity contribution in [3.05, 3.63) is 54.4 Å². The second-order valence-electron chi connectivity index (χ2n) is 3.28. The Balaban J connectivity index is 2.23. The number of aromatic amines is 1. The Bertz CT molecular complexity index is 434. The van der Waals surface area contributed by atoms with Crippen LogP contribution in [0.1, 0.15) is 10.5 Å². The zero-order valence-electron chi connectivity index (χ0n) is 8.47. The third kappa shape index (κ3) is 1.91.